The maximum Gasteiger partial charge on any atom is 0.220 e. The van der Waals surface area contributed by atoms with Gasteiger partial charge in [-0.05, 0) is 68.9 Å². The molecule has 2 fully saturated rings. The molecule has 1 unspecified atom stereocenters. The fraction of sp³-hybridized carbons (Fsp3) is 0.938. The molecule has 4 heteroatoms. The van der Waals surface area contributed by atoms with Crippen LogP contribution in [0.2, 0.25) is 0 Å². The van der Waals surface area contributed by atoms with Crippen LogP contribution in [0.1, 0.15) is 58.8 Å². The summed E-state index contributed by atoms with van der Waals surface area (Å²) in [7, 11) is 0. The Hall–Kier alpha value is -0.280. The van der Waals surface area contributed by atoms with Crippen LogP contribution in [-0.2, 0) is 4.79 Å². The lowest BCUT2D eigenvalue weighted by molar-refractivity contribution is -0.121. The molecule has 0 aromatic rings. The molecule has 2 aliphatic rings. The number of rotatable bonds is 5. The SMILES string of the molecule is CC1(C)CCC(CNC(=O)CCC2CCNC2)CC1.Cl. The maximum atomic E-state index is 11.8. The smallest absolute Gasteiger partial charge is 0.220 e. The molecule has 0 radical (unpaired) electrons. The summed E-state index contributed by atoms with van der Waals surface area (Å²) in [6, 6.07) is 0. The Morgan fingerprint density at radius 2 is 1.90 bits per heavy atom. The number of amides is 1. The third kappa shape index (κ3) is 6.01. The van der Waals surface area contributed by atoms with Crippen LogP contribution in [-0.4, -0.2) is 25.5 Å². The largest absolute Gasteiger partial charge is 0.356 e. The summed E-state index contributed by atoms with van der Waals surface area (Å²) in [4.78, 5) is 11.8. The van der Waals surface area contributed by atoms with Gasteiger partial charge in [0.2, 0.25) is 5.91 Å². The molecular weight excluding hydrogens is 272 g/mol. The van der Waals surface area contributed by atoms with Gasteiger partial charge < -0.3 is 10.6 Å². The predicted octanol–water partition coefficient (Wildman–Crippen LogP) is 3.13. The standard InChI is InChI=1S/C16H30N2O.ClH/c1-16(2)8-5-14(6-9-16)12-18-15(19)4-3-13-7-10-17-11-13;/h13-14,17H,3-12H2,1-2H3,(H,18,19);1H. The molecule has 1 amide bonds. The normalized spacial score (nSPS) is 26.0. The fourth-order valence-corrected chi connectivity index (χ4v) is 3.31. The van der Waals surface area contributed by atoms with Crippen LogP contribution in [0.15, 0.2) is 0 Å². The molecule has 20 heavy (non-hydrogen) atoms. The monoisotopic (exact) mass is 302 g/mol. The van der Waals surface area contributed by atoms with Crippen LogP contribution in [0, 0.1) is 17.3 Å². The van der Waals surface area contributed by atoms with E-state index in [1.165, 1.54) is 32.1 Å². The summed E-state index contributed by atoms with van der Waals surface area (Å²) in [6.07, 6.45) is 8.17. The van der Waals surface area contributed by atoms with Gasteiger partial charge in [-0.2, -0.15) is 0 Å². The number of carbonyl (C=O) groups excluding carboxylic acids is 1. The van der Waals surface area contributed by atoms with Crippen LogP contribution in [0.25, 0.3) is 0 Å². The van der Waals surface area contributed by atoms with E-state index in [-0.39, 0.29) is 18.3 Å². The first kappa shape index (κ1) is 17.8. The average Bonchev–Trinajstić information content (AvgIpc) is 2.88. The maximum absolute atomic E-state index is 11.8. The lowest BCUT2D eigenvalue weighted by Crippen LogP contribution is -2.32. The molecule has 1 atom stereocenters. The number of nitrogens with one attached hydrogen (secondary N) is 2. The van der Waals surface area contributed by atoms with Gasteiger partial charge in [-0.1, -0.05) is 13.8 Å². The molecule has 2 rings (SSSR count). The quantitative estimate of drug-likeness (QED) is 0.819. The lowest BCUT2D eigenvalue weighted by Gasteiger charge is -2.34. The topological polar surface area (TPSA) is 41.1 Å². The molecule has 1 aliphatic heterocycles. The van der Waals surface area contributed by atoms with Gasteiger partial charge in [-0.3, -0.25) is 4.79 Å². The van der Waals surface area contributed by atoms with Gasteiger partial charge in [-0.25, -0.2) is 0 Å². The predicted molar refractivity (Wildman–Crippen MR) is 86.2 cm³/mol. The molecule has 2 N–H and O–H groups in total. The van der Waals surface area contributed by atoms with E-state index in [0.717, 1.165) is 32.0 Å². The van der Waals surface area contributed by atoms with Crippen LogP contribution in [0.5, 0.6) is 0 Å². The molecule has 1 heterocycles. The summed E-state index contributed by atoms with van der Waals surface area (Å²) in [6.45, 7) is 7.85. The van der Waals surface area contributed by atoms with Crippen LogP contribution >= 0.6 is 12.4 Å². The van der Waals surface area contributed by atoms with Gasteiger partial charge in [0.25, 0.3) is 0 Å². The molecule has 1 saturated heterocycles. The van der Waals surface area contributed by atoms with Gasteiger partial charge >= 0.3 is 0 Å². The van der Waals surface area contributed by atoms with E-state index in [1.807, 2.05) is 0 Å². The second kappa shape index (κ2) is 8.23. The van der Waals surface area contributed by atoms with Crippen molar-refractivity contribution in [3.8, 4) is 0 Å². The van der Waals surface area contributed by atoms with Crippen molar-refractivity contribution in [3.05, 3.63) is 0 Å². The molecule has 0 spiro atoms. The van der Waals surface area contributed by atoms with Crippen molar-refractivity contribution < 1.29 is 4.79 Å². The highest BCUT2D eigenvalue weighted by Gasteiger charge is 2.26. The van der Waals surface area contributed by atoms with Crippen molar-refractivity contribution in [2.45, 2.75) is 58.8 Å². The van der Waals surface area contributed by atoms with Gasteiger partial charge in [0.1, 0.15) is 0 Å². The Labute approximate surface area is 130 Å². The minimum absolute atomic E-state index is 0. The van der Waals surface area contributed by atoms with Crippen molar-refractivity contribution in [1.29, 1.82) is 0 Å². The summed E-state index contributed by atoms with van der Waals surface area (Å²) in [5, 5.41) is 6.50. The highest BCUT2D eigenvalue weighted by Crippen LogP contribution is 2.37. The molecule has 3 nitrogen and oxygen atoms in total. The van der Waals surface area contributed by atoms with E-state index in [2.05, 4.69) is 24.5 Å². The average molecular weight is 303 g/mol. The number of hydrogen-bond acceptors (Lipinski definition) is 2. The molecule has 1 aliphatic carbocycles. The minimum Gasteiger partial charge on any atom is -0.356 e. The summed E-state index contributed by atoms with van der Waals surface area (Å²) in [5.41, 5.74) is 0.524. The zero-order valence-corrected chi connectivity index (χ0v) is 13.9. The third-order valence-corrected chi connectivity index (χ3v) is 4.99. The second-order valence-corrected chi connectivity index (χ2v) is 7.31. The Bertz CT molecular complexity index is 291. The minimum atomic E-state index is 0. The van der Waals surface area contributed by atoms with Crippen LogP contribution in [0.3, 0.4) is 0 Å². The van der Waals surface area contributed by atoms with Crippen molar-refractivity contribution in [2.24, 2.45) is 17.3 Å². The first-order chi connectivity index (χ1) is 9.05. The van der Waals surface area contributed by atoms with Gasteiger partial charge in [-0.15, -0.1) is 12.4 Å². The van der Waals surface area contributed by atoms with E-state index in [1.54, 1.807) is 0 Å². The highest BCUT2D eigenvalue weighted by molar-refractivity contribution is 5.85. The van der Waals surface area contributed by atoms with Gasteiger partial charge in [0.05, 0.1) is 0 Å². The van der Waals surface area contributed by atoms with E-state index < -0.39 is 0 Å². The molecule has 0 aromatic carbocycles. The van der Waals surface area contributed by atoms with E-state index >= 15 is 0 Å². The first-order valence-electron chi connectivity index (χ1n) is 8.02. The molecule has 1 saturated carbocycles. The van der Waals surface area contributed by atoms with E-state index in [9.17, 15) is 4.79 Å². The lowest BCUT2D eigenvalue weighted by atomic mass is 9.73. The van der Waals surface area contributed by atoms with E-state index in [4.69, 9.17) is 0 Å². The van der Waals surface area contributed by atoms with Crippen LogP contribution in [0.4, 0.5) is 0 Å². The fourth-order valence-electron chi connectivity index (χ4n) is 3.31. The molecule has 118 valence electrons. The van der Waals surface area contributed by atoms with Crippen molar-refractivity contribution in [2.75, 3.05) is 19.6 Å². The summed E-state index contributed by atoms with van der Waals surface area (Å²) >= 11 is 0. The van der Waals surface area contributed by atoms with Gasteiger partial charge in [0, 0.05) is 13.0 Å². The Morgan fingerprint density at radius 1 is 1.20 bits per heavy atom. The van der Waals surface area contributed by atoms with E-state index in [0.29, 0.717) is 17.8 Å². The molecular formula is C16H31ClN2O. The third-order valence-electron chi connectivity index (χ3n) is 4.99. The van der Waals surface area contributed by atoms with Crippen molar-refractivity contribution >= 4 is 18.3 Å². The summed E-state index contributed by atoms with van der Waals surface area (Å²) in [5.74, 6) is 1.70. The van der Waals surface area contributed by atoms with Crippen molar-refractivity contribution in [3.63, 3.8) is 0 Å². The van der Waals surface area contributed by atoms with Gasteiger partial charge in [0.15, 0.2) is 0 Å². The summed E-state index contributed by atoms with van der Waals surface area (Å²) < 4.78 is 0. The molecule has 0 aromatic heterocycles. The highest BCUT2D eigenvalue weighted by atomic mass is 35.5. The Kier molecular flexibility index (Phi) is 7.32. The number of carbonyl (C=O) groups is 1. The zero-order chi connectivity index (χ0) is 13.7. The first-order valence-corrected chi connectivity index (χ1v) is 8.02. The van der Waals surface area contributed by atoms with Crippen LogP contribution < -0.4 is 10.6 Å². The second-order valence-electron chi connectivity index (χ2n) is 7.31. The van der Waals surface area contributed by atoms with Crippen molar-refractivity contribution in [1.82, 2.24) is 10.6 Å². The number of halogens is 1. The molecule has 0 bridgehead atoms. The number of hydrogen-bond donors (Lipinski definition) is 2. The Morgan fingerprint density at radius 3 is 2.50 bits per heavy atom. The Balaban J connectivity index is 0.00000200. The zero-order valence-electron chi connectivity index (χ0n) is 13.0.